The lowest BCUT2D eigenvalue weighted by molar-refractivity contribution is -0.111. The molecule has 136 valence electrons. The van der Waals surface area contributed by atoms with Crippen molar-refractivity contribution in [2.75, 3.05) is 42.9 Å². The van der Waals surface area contributed by atoms with Crippen molar-refractivity contribution < 1.29 is 4.79 Å². The lowest BCUT2D eigenvalue weighted by Gasteiger charge is -2.35. The molecule has 2 aromatic rings. The molecule has 1 amide bonds. The van der Waals surface area contributed by atoms with E-state index in [2.05, 4.69) is 34.2 Å². The molecule has 0 atom stereocenters. The average Bonchev–Trinajstić information content (AvgIpc) is 2.69. The minimum absolute atomic E-state index is 0.110. The van der Waals surface area contributed by atoms with Gasteiger partial charge in [0.1, 0.15) is 0 Å². The van der Waals surface area contributed by atoms with Gasteiger partial charge in [0, 0.05) is 43.6 Å². The number of amides is 1. The zero-order chi connectivity index (χ0) is 18.4. The van der Waals surface area contributed by atoms with Crippen molar-refractivity contribution in [3.8, 4) is 0 Å². The number of benzene rings is 2. The number of aryl methyl sites for hydroxylation is 1. The van der Waals surface area contributed by atoms with Crippen LogP contribution in [0.5, 0.6) is 0 Å². The van der Waals surface area contributed by atoms with E-state index in [0.717, 1.165) is 49.5 Å². The number of nitrogens with one attached hydrogen (secondary N) is 1. The zero-order valence-corrected chi connectivity index (χ0v) is 15.6. The molecule has 0 spiro atoms. The van der Waals surface area contributed by atoms with Gasteiger partial charge in [0.25, 0.3) is 0 Å². The molecule has 1 heterocycles. The molecule has 0 saturated carbocycles. The van der Waals surface area contributed by atoms with Gasteiger partial charge in [-0.3, -0.25) is 4.79 Å². The van der Waals surface area contributed by atoms with E-state index < -0.39 is 0 Å². The Labute approximate surface area is 156 Å². The van der Waals surface area contributed by atoms with E-state index in [0.29, 0.717) is 0 Å². The number of carbonyl (C=O) groups excluding carboxylic acids is 1. The Kier molecular flexibility index (Phi) is 6.08. The predicted molar refractivity (Wildman–Crippen MR) is 110 cm³/mol. The average molecular weight is 349 g/mol. The first kappa shape index (κ1) is 18.2. The van der Waals surface area contributed by atoms with Crippen molar-refractivity contribution >= 4 is 23.4 Å². The van der Waals surface area contributed by atoms with E-state index in [-0.39, 0.29) is 5.91 Å². The molecule has 2 aromatic carbocycles. The Hall–Kier alpha value is -2.59. The van der Waals surface area contributed by atoms with Crippen LogP contribution in [0.4, 0.5) is 11.4 Å². The number of likely N-dealkylation sites (N-methyl/N-ethyl adjacent to an activating group) is 1. The summed E-state index contributed by atoms with van der Waals surface area (Å²) < 4.78 is 0. The van der Waals surface area contributed by atoms with Crippen LogP contribution in [-0.4, -0.2) is 43.5 Å². The van der Waals surface area contributed by atoms with Crippen LogP contribution in [-0.2, 0) is 4.79 Å². The van der Waals surface area contributed by atoms with Crippen molar-refractivity contribution in [1.29, 1.82) is 0 Å². The van der Waals surface area contributed by atoms with Gasteiger partial charge in [-0.15, -0.1) is 0 Å². The second-order valence-corrected chi connectivity index (χ2v) is 6.65. The molecular formula is C22H27N3O. The Morgan fingerprint density at radius 2 is 1.81 bits per heavy atom. The van der Waals surface area contributed by atoms with Gasteiger partial charge in [-0.2, -0.15) is 0 Å². The van der Waals surface area contributed by atoms with Crippen LogP contribution in [0.1, 0.15) is 18.1 Å². The number of rotatable bonds is 5. The number of hydrogen-bond acceptors (Lipinski definition) is 3. The molecule has 26 heavy (non-hydrogen) atoms. The van der Waals surface area contributed by atoms with Gasteiger partial charge in [-0.05, 0) is 48.9 Å². The third-order valence-corrected chi connectivity index (χ3v) is 4.88. The highest BCUT2D eigenvalue weighted by molar-refractivity contribution is 6.02. The molecule has 4 nitrogen and oxygen atoms in total. The number of anilines is 2. The first-order valence-corrected chi connectivity index (χ1v) is 9.28. The molecule has 1 aliphatic heterocycles. The van der Waals surface area contributed by atoms with Gasteiger partial charge in [0.05, 0.1) is 0 Å². The lowest BCUT2D eigenvalue weighted by Crippen LogP contribution is -2.46. The van der Waals surface area contributed by atoms with Crippen LogP contribution in [0.2, 0.25) is 0 Å². The summed E-state index contributed by atoms with van der Waals surface area (Å²) in [6, 6.07) is 16.1. The summed E-state index contributed by atoms with van der Waals surface area (Å²) in [4.78, 5) is 17.1. The van der Waals surface area contributed by atoms with Crippen LogP contribution in [0, 0.1) is 6.92 Å². The lowest BCUT2D eigenvalue weighted by atomic mass is 10.1. The van der Waals surface area contributed by atoms with Crippen LogP contribution >= 0.6 is 0 Å². The smallest absolute Gasteiger partial charge is 0.248 e. The highest BCUT2D eigenvalue weighted by atomic mass is 16.1. The maximum absolute atomic E-state index is 12.2. The SMILES string of the molecule is CCN1CCN(c2ccc(NC(=O)/C=C/c3ccccc3)c(C)c2)CC1. The van der Waals surface area contributed by atoms with E-state index in [9.17, 15) is 4.79 Å². The van der Waals surface area contributed by atoms with E-state index in [1.165, 1.54) is 5.69 Å². The summed E-state index contributed by atoms with van der Waals surface area (Å²) in [5.41, 5.74) is 4.20. The number of nitrogens with zero attached hydrogens (tertiary/aromatic N) is 2. The topological polar surface area (TPSA) is 35.6 Å². The third-order valence-electron chi connectivity index (χ3n) is 4.88. The fourth-order valence-electron chi connectivity index (χ4n) is 3.22. The third kappa shape index (κ3) is 4.73. The Morgan fingerprint density at radius 1 is 1.08 bits per heavy atom. The molecule has 1 saturated heterocycles. The van der Waals surface area contributed by atoms with Crippen LogP contribution in [0.25, 0.3) is 6.08 Å². The van der Waals surface area contributed by atoms with Gasteiger partial charge in [0.2, 0.25) is 5.91 Å². The van der Waals surface area contributed by atoms with Gasteiger partial charge in [-0.25, -0.2) is 0 Å². The van der Waals surface area contributed by atoms with E-state index in [1.54, 1.807) is 6.08 Å². The molecule has 0 bridgehead atoms. The largest absolute Gasteiger partial charge is 0.369 e. The maximum Gasteiger partial charge on any atom is 0.248 e. The minimum Gasteiger partial charge on any atom is -0.369 e. The minimum atomic E-state index is -0.110. The van der Waals surface area contributed by atoms with Crippen LogP contribution < -0.4 is 10.2 Å². The van der Waals surface area contributed by atoms with Gasteiger partial charge < -0.3 is 15.1 Å². The van der Waals surface area contributed by atoms with Gasteiger partial charge in [0.15, 0.2) is 0 Å². The molecule has 4 heteroatoms. The number of piperazine rings is 1. The highest BCUT2D eigenvalue weighted by Gasteiger charge is 2.16. The summed E-state index contributed by atoms with van der Waals surface area (Å²) in [5, 5.41) is 2.97. The second-order valence-electron chi connectivity index (χ2n) is 6.65. The summed E-state index contributed by atoms with van der Waals surface area (Å²) >= 11 is 0. The van der Waals surface area contributed by atoms with Gasteiger partial charge >= 0.3 is 0 Å². The second kappa shape index (κ2) is 8.68. The van der Waals surface area contributed by atoms with Crippen molar-refractivity contribution in [3.63, 3.8) is 0 Å². The van der Waals surface area contributed by atoms with Crippen molar-refractivity contribution in [1.82, 2.24) is 4.90 Å². The normalized spacial score (nSPS) is 15.4. The molecule has 3 rings (SSSR count). The molecule has 0 aliphatic carbocycles. The van der Waals surface area contributed by atoms with Crippen LogP contribution in [0.15, 0.2) is 54.6 Å². The molecule has 1 fully saturated rings. The summed E-state index contributed by atoms with van der Waals surface area (Å²) in [6.45, 7) is 9.70. The standard InChI is InChI=1S/C22H27N3O/c1-3-24-13-15-25(16-14-24)20-10-11-21(18(2)17-20)23-22(26)12-9-19-7-5-4-6-8-19/h4-12,17H,3,13-16H2,1-2H3,(H,23,26)/b12-9+. The fourth-order valence-corrected chi connectivity index (χ4v) is 3.22. The monoisotopic (exact) mass is 349 g/mol. The first-order valence-electron chi connectivity index (χ1n) is 9.28. The number of hydrogen-bond donors (Lipinski definition) is 1. The molecule has 1 aliphatic rings. The van der Waals surface area contributed by atoms with Crippen molar-refractivity contribution in [2.24, 2.45) is 0 Å². The van der Waals surface area contributed by atoms with Crippen LogP contribution in [0.3, 0.4) is 0 Å². The Morgan fingerprint density at radius 3 is 2.46 bits per heavy atom. The predicted octanol–water partition coefficient (Wildman–Crippen LogP) is 3.79. The zero-order valence-electron chi connectivity index (χ0n) is 15.6. The molecule has 0 radical (unpaired) electrons. The Bertz CT molecular complexity index is 762. The van der Waals surface area contributed by atoms with E-state index >= 15 is 0 Å². The maximum atomic E-state index is 12.2. The first-order chi connectivity index (χ1) is 12.7. The van der Waals surface area contributed by atoms with Crippen molar-refractivity contribution in [3.05, 3.63) is 65.7 Å². The number of carbonyl (C=O) groups is 1. The van der Waals surface area contributed by atoms with Crippen molar-refractivity contribution in [2.45, 2.75) is 13.8 Å². The highest BCUT2D eigenvalue weighted by Crippen LogP contribution is 2.23. The molecule has 1 N–H and O–H groups in total. The summed E-state index contributed by atoms with van der Waals surface area (Å²) in [7, 11) is 0. The summed E-state index contributed by atoms with van der Waals surface area (Å²) in [6.07, 6.45) is 3.40. The Balaban J connectivity index is 1.61. The van der Waals surface area contributed by atoms with E-state index in [1.807, 2.05) is 49.4 Å². The van der Waals surface area contributed by atoms with E-state index in [4.69, 9.17) is 0 Å². The van der Waals surface area contributed by atoms with Gasteiger partial charge in [-0.1, -0.05) is 37.3 Å². The molecular weight excluding hydrogens is 322 g/mol. The summed E-state index contributed by atoms with van der Waals surface area (Å²) in [5.74, 6) is -0.110. The molecule has 0 unspecified atom stereocenters. The quantitative estimate of drug-likeness (QED) is 0.834. The molecule has 0 aromatic heterocycles. The fraction of sp³-hybridized carbons (Fsp3) is 0.318.